The van der Waals surface area contributed by atoms with Crippen LogP contribution in [0.15, 0.2) is 30.4 Å². The van der Waals surface area contributed by atoms with Gasteiger partial charge in [-0.05, 0) is 11.0 Å². The third-order valence-corrected chi connectivity index (χ3v) is 2.28. The van der Waals surface area contributed by atoms with Crippen molar-refractivity contribution >= 4 is 11.6 Å². The minimum Gasteiger partial charge on any atom is -0.387 e. The average Bonchev–Trinajstić information content (AvgIpc) is 2.28. The van der Waals surface area contributed by atoms with Crippen LogP contribution in [0, 0.1) is 10.1 Å². The molecule has 7 heteroatoms. The van der Waals surface area contributed by atoms with Gasteiger partial charge in [0.2, 0.25) is 0 Å². The fourth-order valence-corrected chi connectivity index (χ4v) is 1.40. The summed E-state index contributed by atoms with van der Waals surface area (Å²) in [6.07, 6.45) is 2.93. The van der Waals surface area contributed by atoms with Gasteiger partial charge in [0.1, 0.15) is 11.7 Å². The van der Waals surface area contributed by atoms with Crippen molar-refractivity contribution in [1.82, 2.24) is 15.2 Å². The van der Waals surface area contributed by atoms with Crippen LogP contribution in [0.1, 0.15) is 5.56 Å². The highest BCUT2D eigenvalue weighted by atomic mass is 35.5. The van der Waals surface area contributed by atoms with Crippen molar-refractivity contribution in [2.75, 3.05) is 14.1 Å². The summed E-state index contributed by atoms with van der Waals surface area (Å²) in [6, 6.07) is 3.43. The van der Waals surface area contributed by atoms with Crippen LogP contribution in [-0.2, 0) is 6.54 Å². The number of aromatic nitrogens is 1. The van der Waals surface area contributed by atoms with E-state index in [-0.39, 0.29) is 5.82 Å². The van der Waals surface area contributed by atoms with E-state index in [1.54, 1.807) is 32.4 Å². The first-order valence-corrected chi connectivity index (χ1v) is 5.25. The summed E-state index contributed by atoms with van der Waals surface area (Å²) in [5, 5.41) is 13.8. The number of rotatable bonds is 5. The summed E-state index contributed by atoms with van der Waals surface area (Å²) < 4.78 is 0. The second kappa shape index (κ2) is 6.05. The molecule has 1 rings (SSSR count). The van der Waals surface area contributed by atoms with E-state index in [0.717, 1.165) is 5.56 Å². The van der Waals surface area contributed by atoms with Gasteiger partial charge < -0.3 is 15.4 Å². The molecule has 0 amide bonds. The Morgan fingerprint density at radius 3 is 2.88 bits per heavy atom. The lowest BCUT2D eigenvalue weighted by molar-refractivity contribution is -0.446. The number of hydrogen-bond acceptors (Lipinski definition) is 5. The van der Waals surface area contributed by atoms with E-state index < -0.39 is 4.92 Å². The number of hydrogen-bond donors (Lipinski definition) is 1. The highest BCUT2D eigenvalue weighted by Crippen LogP contribution is 2.10. The molecule has 0 saturated heterocycles. The second-order valence-corrected chi connectivity index (χ2v) is 3.78. The molecule has 0 spiro atoms. The van der Waals surface area contributed by atoms with Crippen LogP contribution < -0.4 is 5.32 Å². The number of pyridine rings is 1. The fraction of sp³-hybridized carbons (Fsp3) is 0.300. The Labute approximate surface area is 104 Å². The van der Waals surface area contributed by atoms with Gasteiger partial charge in [-0.15, -0.1) is 0 Å². The van der Waals surface area contributed by atoms with Crippen LogP contribution in [0.4, 0.5) is 0 Å². The van der Waals surface area contributed by atoms with Crippen molar-refractivity contribution in [3.05, 3.63) is 51.2 Å². The van der Waals surface area contributed by atoms with Crippen molar-refractivity contribution in [2.24, 2.45) is 0 Å². The molecule has 0 aliphatic rings. The SMILES string of the molecule is CNC=C(N(C)Cc1ccc(Cl)nc1)[N+](=O)[O-]. The molecule has 0 aliphatic carbocycles. The van der Waals surface area contributed by atoms with Crippen molar-refractivity contribution in [3.63, 3.8) is 0 Å². The third kappa shape index (κ3) is 3.92. The van der Waals surface area contributed by atoms with Gasteiger partial charge in [0, 0.05) is 18.8 Å². The van der Waals surface area contributed by atoms with Crippen molar-refractivity contribution < 1.29 is 4.92 Å². The summed E-state index contributed by atoms with van der Waals surface area (Å²) in [4.78, 5) is 15.8. The molecule has 0 radical (unpaired) electrons. The maximum absolute atomic E-state index is 10.8. The molecule has 1 N–H and O–H groups in total. The fourth-order valence-electron chi connectivity index (χ4n) is 1.29. The molecule has 1 aromatic heterocycles. The van der Waals surface area contributed by atoms with E-state index in [1.165, 1.54) is 11.1 Å². The number of nitrogens with zero attached hydrogens (tertiary/aromatic N) is 3. The molecule has 0 aliphatic heterocycles. The van der Waals surface area contributed by atoms with Crippen LogP contribution >= 0.6 is 11.6 Å². The van der Waals surface area contributed by atoms with Crippen LogP contribution in [0.5, 0.6) is 0 Å². The van der Waals surface area contributed by atoms with Crippen LogP contribution in [-0.4, -0.2) is 28.9 Å². The standard InChI is InChI=1S/C10H13ClN4O2/c1-12-6-10(15(16)17)14(2)7-8-3-4-9(11)13-5-8/h3-6,12H,7H2,1-2H3. The summed E-state index contributed by atoms with van der Waals surface area (Å²) in [5.74, 6) is -0.0116. The Bertz CT molecular complexity index is 419. The van der Waals surface area contributed by atoms with E-state index in [9.17, 15) is 10.1 Å². The van der Waals surface area contributed by atoms with Crippen LogP contribution in [0.25, 0.3) is 0 Å². The normalized spacial score (nSPS) is 11.1. The molecule has 0 unspecified atom stereocenters. The Balaban J connectivity index is 2.76. The molecule has 6 nitrogen and oxygen atoms in total. The number of halogens is 1. The highest BCUT2D eigenvalue weighted by Gasteiger charge is 2.16. The van der Waals surface area contributed by atoms with Gasteiger partial charge in [-0.3, -0.25) is 4.90 Å². The van der Waals surface area contributed by atoms with E-state index in [1.807, 2.05) is 0 Å². The maximum atomic E-state index is 10.8. The second-order valence-electron chi connectivity index (χ2n) is 3.39. The first-order chi connectivity index (χ1) is 8.04. The average molecular weight is 257 g/mol. The molecule has 1 heterocycles. The molecular formula is C10H13ClN4O2. The molecule has 0 bridgehead atoms. The topological polar surface area (TPSA) is 71.3 Å². The van der Waals surface area contributed by atoms with Gasteiger partial charge in [-0.2, -0.15) is 0 Å². The Morgan fingerprint density at radius 2 is 2.41 bits per heavy atom. The summed E-state index contributed by atoms with van der Waals surface area (Å²) >= 11 is 5.66. The quantitative estimate of drug-likeness (QED) is 0.491. The summed E-state index contributed by atoms with van der Waals surface area (Å²) in [6.45, 7) is 0.388. The molecule has 0 fully saturated rings. The largest absolute Gasteiger partial charge is 0.387 e. The molecule has 0 atom stereocenters. The predicted molar refractivity (Wildman–Crippen MR) is 64.9 cm³/mol. The van der Waals surface area contributed by atoms with Gasteiger partial charge in [0.25, 0.3) is 0 Å². The molecule has 17 heavy (non-hydrogen) atoms. The lowest BCUT2D eigenvalue weighted by Gasteiger charge is -2.13. The van der Waals surface area contributed by atoms with Crippen molar-refractivity contribution in [2.45, 2.75) is 6.54 Å². The van der Waals surface area contributed by atoms with Gasteiger partial charge in [0.05, 0.1) is 13.2 Å². The van der Waals surface area contributed by atoms with Gasteiger partial charge >= 0.3 is 5.82 Å². The van der Waals surface area contributed by atoms with Gasteiger partial charge in [-0.25, -0.2) is 4.98 Å². The smallest absolute Gasteiger partial charge is 0.334 e. The predicted octanol–water partition coefficient (Wildman–Crippen LogP) is 1.46. The Kier molecular flexibility index (Phi) is 4.71. The molecule has 0 aromatic carbocycles. The number of nitro groups is 1. The zero-order valence-electron chi connectivity index (χ0n) is 9.55. The van der Waals surface area contributed by atoms with Crippen molar-refractivity contribution in [1.29, 1.82) is 0 Å². The van der Waals surface area contributed by atoms with E-state index in [2.05, 4.69) is 10.3 Å². The molecule has 1 aromatic rings. The molecular weight excluding hydrogens is 244 g/mol. The zero-order chi connectivity index (χ0) is 12.8. The summed E-state index contributed by atoms with van der Waals surface area (Å²) in [7, 11) is 3.25. The van der Waals surface area contributed by atoms with Crippen LogP contribution in [0.2, 0.25) is 5.15 Å². The minimum atomic E-state index is -0.445. The van der Waals surface area contributed by atoms with Crippen molar-refractivity contribution in [3.8, 4) is 0 Å². The minimum absolute atomic E-state index is 0.0116. The highest BCUT2D eigenvalue weighted by molar-refractivity contribution is 6.29. The Hall–Kier alpha value is -1.82. The van der Waals surface area contributed by atoms with Crippen LogP contribution in [0.3, 0.4) is 0 Å². The monoisotopic (exact) mass is 256 g/mol. The lowest BCUT2D eigenvalue weighted by atomic mass is 10.3. The maximum Gasteiger partial charge on any atom is 0.334 e. The van der Waals surface area contributed by atoms with E-state index in [4.69, 9.17) is 11.6 Å². The first-order valence-electron chi connectivity index (χ1n) is 4.88. The molecule has 0 saturated carbocycles. The first kappa shape index (κ1) is 13.2. The lowest BCUT2D eigenvalue weighted by Crippen LogP contribution is -2.24. The zero-order valence-corrected chi connectivity index (χ0v) is 10.3. The third-order valence-electron chi connectivity index (χ3n) is 2.06. The number of nitrogens with one attached hydrogen (secondary N) is 1. The molecule has 92 valence electrons. The van der Waals surface area contributed by atoms with E-state index in [0.29, 0.717) is 11.7 Å². The summed E-state index contributed by atoms with van der Waals surface area (Å²) in [5.41, 5.74) is 0.848. The van der Waals surface area contributed by atoms with Gasteiger partial charge in [-0.1, -0.05) is 17.7 Å². The van der Waals surface area contributed by atoms with Gasteiger partial charge in [0.15, 0.2) is 0 Å². The Morgan fingerprint density at radius 1 is 1.71 bits per heavy atom. The van der Waals surface area contributed by atoms with E-state index >= 15 is 0 Å².